The first-order valence-electron chi connectivity index (χ1n) is 5.41. The van der Waals surface area contributed by atoms with Crippen LogP contribution in [0.15, 0.2) is 34.3 Å². The topological polar surface area (TPSA) is 116 Å². The molecule has 21 heavy (non-hydrogen) atoms. The summed E-state index contributed by atoms with van der Waals surface area (Å²) in [4.78, 5) is 27.2. The van der Waals surface area contributed by atoms with Crippen LogP contribution in [0.1, 0.15) is 12.5 Å². The van der Waals surface area contributed by atoms with Crippen molar-refractivity contribution in [1.82, 2.24) is 0 Å². The van der Waals surface area contributed by atoms with Crippen LogP contribution in [0.2, 0.25) is 0 Å². The average Bonchev–Trinajstić information content (AvgIpc) is 2.45. The molecule has 0 radical (unpaired) electrons. The van der Waals surface area contributed by atoms with Crippen LogP contribution < -0.4 is 0 Å². The zero-order valence-corrected chi connectivity index (χ0v) is 12.3. The van der Waals surface area contributed by atoms with Crippen LogP contribution in [0, 0.1) is 6.92 Å². The number of methoxy groups -OCH3 is 1. The minimum atomic E-state index is -4.01. The van der Waals surface area contributed by atoms with Crippen LogP contribution in [0.5, 0.6) is 0 Å². The Morgan fingerprint density at radius 3 is 2.10 bits per heavy atom. The number of nitrogens with zero attached hydrogens (tertiary/aromatic N) is 1. The van der Waals surface area contributed by atoms with E-state index in [4.69, 9.17) is 9.59 Å². The van der Waals surface area contributed by atoms with Crippen LogP contribution >= 0.6 is 0 Å². The van der Waals surface area contributed by atoms with E-state index in [-0.39, 0.29) is 16.8 Å². The molecule has 1 rings (SSSR count). The Kier molecular flexibility index (Phi) is 7.59. The van der Waals surface area contributed by atoms with Gasteiger partial charge in [0.05, 0.1) is 7.11 Å². The minimum Gasteiger partial charge on any atom is -0.464 e. The quantitative estimate of drug-likeness (QED) is 0.455. The lowest BCUT2D eigenvalue weighted by Gasteiger charge is -2.02. The fraction of sp³-hybridized carbons (Fsp3) is 0.250. The summed E-state index contributed by atoms with van der Waals surface area (Å²) in [7, 11) is -2.85. The summed E-state index contributed by atoms with van der Waals surface area (Å²) in [6, 6.07) is 6.06. The lowest BCUT2D eigenvalue weighted by Crippen LogP contribution is -2.13. The Hall–Kier alpha value is -2.51. The molecule has 0 spiro atoms. The highest BCUT2D eigenvalue weighted by Crippen LogP contribution is 2.13. The number of oxime groups is 1. The van der Waals surface area contributed by atoms with Gasteiger partial charge >= 0.3 is 22.2 Å². The molecule has 0 bridgehead atoms. The Labute approximate surface area is 121 Å². The monoisotopic (exact) mass is 315 g/mol. The summed E-state index contributed by atoms with van der Waals surface area (Å²) < 4.78 is 32.1. The van der Waals surface area contributed by atoms with Gasteiger partial charge in [-0.3, -0.25) is 4.28 Å². The number of aryl methyl sites for hydroxylation is 1. The number of hydrogen-bond acceptors (Lipinski definition) is 8. The average molecular weight is 315 g/mol. The second-order valence-electron chi connectivity index (χ2n) is 3.59. The number of carbonyl (C=O) groups excluding carboxylic acids is 3. The van der Waals surface area contributed by atoms with Gasteiger partial charge in [-0.05, 0) is 26.0 Å². The van der Waals surface area contributed by atoms with Crippen molar-refractivity contribution in [2.45, 2.75) is 18.7 Å². The smallest absolute Gasteiger partial charge is 0.373 e. The third kappa shape index (κ3) is 6.46. The van der Waals surface area contributed by atoms with Gasteiger partial charge in [0.15, 0.2) is 5.71 Å². The van der Waals surface area contributed by atoms with Crippen molar-refractivity contribution >= 4 is 28.0 Å². The normalized spacial score (nSPS) is 10.7. The third-order valence-electron chi connectivity index (χ3n) is 2.06. The molecule has 0 atom stereocenters. The van der Waals surface area contributed by atoms with Crippen LogP contribution in [0.4, 0.5) is 0 Å². The van der Waals surface area contributed by atoms with Crippen molar-refractivity contribution in [2.24, 2.45) is 5.16 Å². The predicted octanol–water partition coefficient (Wildman–Crippen LogP) is 0.666. The van der Waals surface area contributed by atoms with Crippen molar-refractivity contribution in [3.8, 4) is 0 Å². The van der Waals surface area contributed by atoms with Gasteiger partial charge in [-0.25, -0.2) is 4.79 Å². The molecule has 0 saturated heterocycles. The van der Waals surface area contributed by atoms with E-state index < -0.39 is 16.1 Å². The van der Waals surface area contributed by atoms with E-state index in [1.165, 1.54) is 19.1 Å². The number of benzene rings is 1. The second kappa shape index (κ2) is 8.62. The molecule has 8 nitrogen and oxygen atoms in total. The summed E-state index contributed by atoms with van der Waals surface area (Å²) in [6.45, 7) is 3.12. The summed E-state index contributed by atoms with van der Waals surface area (Å²) in [5.41, 5.74) is 0.733. The molecule has 0 unspecified atom stereocenters. The summed E-state index contributed by atoms with van der Waals surface area (Å²) >= 11 is 0. The summed E-state index contributed by atoms with van der Waals surface area (Å²) in [6.07, 6.45) is 0.250. The standard InChI is InChI=1S/C11H13NO5S.CO2/c1-8-4-6-10(7-5-8)18(14,15)17-12-9(2)11(13)16-3;2-1-3/h4-7H,1-3H3;/b12-9-;. The van der Waals surface area contributed by atoms with Gasteiger partial charge in [-0.2, -0.15) is 18.0 Å². The highest BCUT2D eigenvalue weighted by molar-refractivity contribution is 7.86. The van der Waals surface area contributed by atoms with E-state index >= 15 is 0 Å². The number of hydrogen-bond donors (Lipinski definition) is 0. The largest absolute Gasteiger partial charge is 0.464 e. The molecule has 0 fully saturated rings. The lowest BCUT2D eigenvalue weighted by molar-refractivity contribution is -0.191. The van der Waals surface area contributed by atoms with Gasteiger partial charge in [-0.15, -0.1) is 0 Å². The van der Waals surface area contributed by atoms with E-state index in [2.05, 4.69) is 14.2 Å². The maximum atomic E-state index is 11.7. The Morgan fingerprint density at radius 2 is 1.67 bits per heavy atom. The van der Waals surface area contributed by atoms with E-state index in [1.807, 2.05) is 6.92 Å². The van der Waals surface area contributed by atoms with Crippen molar-refractivity contribution in [2.75, 3.05) is 7.11 Å². The minimum absolute atomic E-state index is 0.0329. The zero-order chi connectivity index (χ0) is 16.5. The second-order valence-corrected chi connectivity index (χ2v) is 5.12. The van der Waals surface area contributed by atoms with Crippen molar-refractivity contribution in [3.63, 3.8) is 0 Å². The highest BCUT2D eigenvalue weighted by Gasteiger charge is 2.16. The van der Waals surface area contributed by atoms with E-state index in [0.29, 0.717) is 0 Å². The first-order valence-corrected chi connectivity index (χ1v) is 6.81. The summed E-state index contributed by atoms with van der Waals surface area (Å²) in [5, 5.41) is 3.22. The summed E-state index contributed by atoms with van der Waals surface area (Å²) in [5.74, 6) is -0.755. The highest BCUT2D eigenvalue weighted by atomic mass is 32.2. The van der Waals surface area contributed by atoms with Gasteiger partial charge in [-0.1, -0.05) is 22.9 Å². The van der Waals surface area contributed by atoms with Crippen LogP contribution in [0.25, 0.3) is 0 Å². The lowest BCUT2D eigenvalue weighted by atomic mass is 10.2. The molecule has 1 aromatic rings. The van der Waals surface area contributed by atoms with Crippen LogP contribution in [-0.4, -0.2) is 33.4 Å². The first-order chi connectivity index (χ1) is 9.78. The molecule has 0 saturated carbocycles. The van der Waals surface area contributed by atoms with Crippen molar-refractivity contribution in [1.29, 1.82) is 0 Å². The van der Waals surface area contributed by atoms with E-state index in [1.54, 1.807) is 12.1 Å². The first kappa shape index (κ1) is 18.5. The third-order valence-corrected chi connectivity index (χ3v) is 3.18. The molecular formula is C12H13NO7S. The number of esters is 1. The number of carbonyl (C=O) groups is 1. The van der Waals surface area contributed by atoms with Gasteiger partial charge in [0.1, 0.15) is 4.90 Å². The maximum Gasteiger partial charge on any atom is 0.373 e. The number of rotatable bonds is 4. The van der Waals surface area contributed by atoms with Gasteiger partial charge in [0, 0.05) is 0 Å². The molecule has 1 aromatic carbocycles. The zero-order valence-electron chi connectivity index (χ0n) is 11.5. The Balaban J connectivity index is 0.00000122. The Bertz CT molecular complexity index is 641. The fourth-order valence-electron chi connectivity index (χ4n) is 1.04. The molecule has 0 heterocycles. The van der Waals surface area contributed by atoms with E-state index in [0.717, 1.165) is 12.7 Å². The molecule has 0 aromatic heterocycles. The molecule has 0 N–H and O–H groups in total. The molecule has 0 amide bonds. The van der Waals surface area contributed by atoms with Gasteiger partial charge in [0.2, 0.25) is 0 Å². The predicted molar refractivity (Wildman–Crippen MR) is 69.6 cm³/mol. The Morgan fingerprint density at radius 1 is 1.19 bits per heavy atom. The van der Waals surface area contributed by atoms with Gasteiger partial charge in [0.25, 0.3) is 0 Å². The van der Waals surface area contributed by atoms with Gasteiger partial charge < -0.3 is 4.74 Å². The maximum absolute atomic E-state index is 11.7. The SMILES string of the molecule is COC(=O)/C(C)=N\OS(=O)(=O)c1ccc(C)cc1.O=C=O. The molecule has 114 valence electrons. The molecule has 0 aliphatic rings. The molecule has 9 heteroatoms. The fourth-order valence-corrected chi connectivity index (χ4v) is 1.80. The molecule has 0 aliphatic carbocycles. The van der Waals surface area contributed by atoms with Crippen LogP contribution in [-0.2, 0) is 33.5 Å². The van der Waals surface area contributed by atoms with Crippen molar-refractivity contribution in [3.05, 3.63) is 29.8 Å². The molecular weight excluding hydrogens is 302 g/mol. The number of ether oxygens (including phenoxy) is 1. The van der Waals surface area contributed by atoms with Crippen LogP contribution in [0.3, 0.4) is 0 Å². The molecule has 0 aliphatic heterocycles. The van der Waals surface area contributed by atoms with E-state index in [9.17, 15) is 13.2 Å². The van der Waals surface area contributed by atoms with Crippen molar-refractivity contribution < 1.29 is 31.8 Å².